The van der Waals surface area contributed by atoms with Gasteiger partial charge in [-0.1, -0.05) is 39.8 Å². The molecule has 0 amide bonds. The van der Waals surface area contributed by atoms with Crippen molar-refractivity contribution < 1.29 is 8.98 Å². The minimum absolute atomic E-state index is 0.116. The molecule has 5 aromatic rings. The zero-order chi connectivity index (χ0) is 23.1. The highest BCUT2D eigenvalue weighted by atomic mass is 16.3. The maximum atomic E-state index is 6.62. The van der Waals surface area contributed by atoms with Crippen molar-refractivity contribution in [3.05, 3.63) is 71.4 Å². The van der Waals surface area contributed by atoms with Crippen LogP contribution in [0.1, 0.15) is 57.2 Å². The van der Waals surface area contributed by atoms with Crippen LogP contribution in [-0.2, 0) is 17.9 Å². The second-order valence-corrected chi connectivity index (χ2v) is 11.1. The lowest BCUT2D eigenvalue weighted by Crippen LogP contribution is -2.34. The van der Waals surface area contributed by atoms with E-state index in [0.29, 0.717) is 0 Å². The number of aromatic nitrogens is 2. The molecule has 3 heteroatoms. The fraction of sp³-hybridized carbons (Fsp3) is 0.333. The number of aryl methyl sites for hydroxylation is 2. The van der Waals surface area contributed by atoms with E-state index in [0.717, 1.165) is 38.8 Å². The molecule has 0 aliphatic heterocycles. The standard InChI is InChI=1S/C30H31N2O/c1-18-10-11-19-27-24(33-28(19)25(18)23-9-7-8-16-32(23)6)17-20-22(31-27)13-12-21-26(20)30(4,5)15-14-29(21,2)3/h7-13,16-17H,14-15H2,1-6H3/q+1. The predicted octanol–water partition coefficient (Wildman–Crippen LogP) is 7.28. The number of furan rings is 1. The molecule has 1 aliphatic rings. The summed E-state index contributed by atoms with van der Waals surface area (Å²) in [5.41, 5.74) is 10.5. The number of hydrogen-bond acceptors (Lipinski definition) is 2. The van der Waals surface area contributed by atoms with Gasteiger partial charge in [-0.3, -0.25) is 0 Å². The van der Waals surface area contributed by atoms with Gasteiger partial charge in [0.2, 0.25) is 5.69 Å². The Morgan fingerprint density at radius 2 is 1.70 bits per heavy atom. The summed E-state index contributed by atoms with van der Waals surface area (Å²) in [4.78, 5) is 5.17. The SMILES string of the molecule is Cc1ccc2c(oc3cc4c5c(ccc4nc32)C(C)(C)CCC5(C)C)c1-c1cccc[n+]1C. The van der Waals surface area contributed by atoms with E-state index >= 15 is 0 Å². The molecule has 33 heavy (non-hydrogen) atoms. The Morgan fingerprint density at radius 1 is 0.909 bits per heavy atom. The van der Waals surface area contributed by atoms with Crippen molar-refractivity contribution in [2.24, 2.45) is 7.05 Å². The minimum Gasteiger partial charge on any atom is -0.453 e. The fourth-order valence-corrected chi connectivity index (χ4v) is 5.86. The summed E-state index contributed by atoms with van der Waals surface area (Å²) in [7, 11) is 2.08. The number of rotatable bonds is 1. The molecule has 0 unspecified atom stereocenters. The van der Waals surface area contributed by atoms with Gasteiger partial charge in [0, 0.05) is 22.9 Å². The van der Waals surface area contributed by atoms with E-state index < -0.39 is 0 Å². The van der Waals surface area contributed by atoms with E-state index in [4.69, 9.17) is 9.40 Å². The Balaban J connectivity index is 1.72. The largest absolute Gasteiger partial charge is 0.453 e. The molecular formula is C30H31N2O+. The molecule has 0 saturated carbocycles. The number of pyridine rings is 2. The lowest BCUT2D eigenvalue weighted by Gasteiger charge is -2.42. The molecule has 3 aromatic heterocycles. The molecule has 3 heterocycles. The van der Waals surface area contributed by atoms with Crippen molar-refractivity contribution in [2.75, 3.05) is 0 Å². The molecule has 0 bridgehead atoms. The number of hydrogen-bond donors (Lipinski definition) is 0. The Labute approximate surface area is 195 Å². The maximum Gasteiger partial charge on any atom is 0.216 e. The molecular weight excluding hydrogens is 404 g/mol. The highest BCUT2D eigenvalue weighted by Crippen LogP contribution is 2.49. The Morgan fingerprint density at radius 3 is 2.48 bits per heavy atom. The minimum atomic E-state index is 0.116. The Bertz CT molecular complexity index is 1590. The molecule has 0 N–H and O–H groups in total. The van der Waals surface area contributed by atoms with Crippen LogP contribution in [0.4, 0.5) is 0 Å². The summed E-state index contributed by atoms with van der Waals surface area (Å²) in [5, 5.41) is 2.31. The van der Waals surface area contributed by atoms with Crippen LogP contribution >= 0.6 is 0 Å². The van der Waals surface area contributed by atoms with Gasteiger partial charge in [0.1, 0.15) is 12.6 Å². The average molecular weight is 436 g/mol. The Kier molecular flexibility index (Phi) is 4.12. The van der Waals surface area contributed by atoms with Gasteiger partial charge in [-0.25, -0.2) is 9.55 Å². The average Bonchev–Trinajstić information content (AvgIpc) is 3.13. The van der Waals surface area contributed by atoms with Crippen molar-refractivity contribution in [1.29, 1.82) is 0 Å². The van der Waals surface area contributed by atoms with E-state index in [9.17, 15) is 0 Å². The fourth-order valence-electron chi connectivity index (χ4n) is 5.86. The van der Waals surface area contributed by atoms with Crippen molar-refractivity contribution in [3.63, 3.8) is 0 Å². The zero-order valence-corrected chi connectivity index (χ0v) is 20.4. The third-order valence-corrected chi connectivity index (χ3v) is 7.89. The molecule has 0 radical (unpaired) electrons. The highest BCUT2D eigenvalue weighted by Gasteiger charge is 2.38. The summed E-state index contributed by atoms with van der Waals surface area (Å²) in [6.07, 6.45) is 4.46. The first-order valence-electron chi connectivity index (χ1n) is 11.9. The van der Waals surface area contributed by atoms with Crippen LogP contribution in [-0.4, -0.2) is 4.98 Å². The topological polar surface area (TPSA) is 29.9 Å². The van der Waals surface area contributed by atoms with Crippen molar-refractivity contribution in [1.82, 2.24) is 4.98 Å². The Hall–Kier alpha value is -3.20. The molecule has 1 aliphatic carbocycles. The first kappa shape index (κ1) is 20.4. The molecule has 3 nitrogen and oxygen atoms in total. The van der Waals surface area contributed by atoms with E-state index in [2.05, 4.69) is 101 Å². The monoisotopic (exact) mass is 435 g/mol. The van der Waals surface area contributed by atoms with Gasteiger partial charge in [-0.15, -0.1) is 0 Å². The lowest BCUT2D eigenvalue weighted by atomic mass is 9.62. The molecule has 0 fully saturated rings. The van der Waals surface area contributed by atoms with Crippen molar-refractivity contribution >= 4 is 33.0 Å². The van der Waals surface area contributed by atoms with E-state index in [1.54, 1.807) is 0 Å². The third kappa shape index (κ3) is 2.88. The molecule has 6 rings (SSSR count). The van der Waals surface area contributed by atoms with Gasteiger partial charge in [0.25, 0.3) is 0 Å². The van der Waals surface area contributed by atoms with Crippen LogP contribution in [0.15, 0.2) is 59.1 Å². The number of nitrogens with zero attached hydrogens (tertiary/aromatic N) is 2. The lowest BCUT2D eigenvalue weighted by molar-refractivity contribution is -0.660. The van der Waals surface area contributed by atoms with Crippen LogP contribution in [0.5, 0.6) is 0 Å². The van der Waals surface area contributed by atoms with Crippen LogP contribution in [0.25, 0.3) is 44.2 Å². The molecule has 0 saturated heterocycles. The van der Waals surface area contributed by atoms with E-state index in [1.165, 1.54) is 34.9 Å². The highest BCUT2D eigenvalue weighted by molar-refractivity contribution is 6.10. The quantitative estimate of drug-likeness (QED) is 0.259. The van der Waals surface area contributed by atoms with Crippen LogP contribution in [0.3, 0.4) is 0 Å². The smallest absolute Gasteiger partial charge is 0.216 e. The van der Waals surface area contributed by atoms with Gasteiger partial charge in [-0.05, 0) is 71.6 Å². The summed E-state index contributed by atoms with van der Waals surface area (Å²) in [6.45, 7) is 11.6. The van der Waals surface area contributed by atoms with Crippen molar-refractivity contribution in [3.8, 4) is 11.3 Å². The zero-order valence-electron chi connectivity index (χ0n) is 20.4. The first-order valence-corrected chi connectivity index (χ1v) is 11.9. The van der Waals surface area contributed by atoms with Gasteiger partial charge in [0.05, 0.1) is 11.1 Å². The van der Waals surface area contributed by atoms with E-state index in [1.807, 2.05) is 0 Å². The molecule has 166 valence electrons. The van der Waals surface area contributed by atoms with Crippen LogP contribution < -0.4 is 4.57 Å². The van der Waals surface area contributed by atoms with E-state index in [-0.39, 0.29) is 10.8 Å². The van der Waals surface area contributed by atoms with Crippen LogP contribution in [0, 0.1) is 6.92 Å². The van der Waals surface area contributed by atoms with Crippen molar-refractivity contribution in [2.45, 2.75) is 58.3 Å². The molecule has 0 atom stereocenters. The van der Waals surface area contributed by atoms with Crippen LogP contribution in [0.2, 0.25) is 0 Å². The maximum absolute atomic E-state index is 6.62. The second-order valence-electron chi connectivity index (χ2n) is 11.1. The summed E-state index contributed by atoms with van der Waals surface area (Å²) in [5.74, 6) is 0. The summed E-state index contributed by atoms with van der Waals surface area (Å²) < 4.78 is 8.77. The first-order chi connectivity index (χ1) is 15.7. The van der Waals surface area contributed by atoms with Gasteiger partial charge in [-0.2, -0.15) is 0 Å². The number of fused-ring (bicyclic) bond motifs is 6. The second kappa shape index (κ2) is 6.66. The normalized spacial score (nSPS) is 17.0. The summed E-state index contributed by atoms with van der Waals surface area (Å²) in [6, 6.07) is 17.4. The molecule has 0 spiro atoms. The molecule has 2 aromatic carbocycles. The van der Waals surface area contributed by atoms with Gasteiger partial charge in [0.15, 0.2) is 17.4 Å². The number of benzene rings is 2. The van der Waals surface area contributed by atoms with Gasteiger partial charge < -0.3 is 4.42 Å². The summed E-state index contributed by atoms with van der Waals surface area (Å²) >= 11 is 0. The predicted molar refractivity (Wildman–Crippen MR) is 136 cm³/mol. The third-order valence-electron chi connectivity index (χ3n) is 7.89. The van der Waals surface area contributed by atoms with Gasteiger partial charge >= 0.3 is 0 Å².